The summed E-state index contributed by atoms with van der Waals surface area (Å²) in [6, 6.07) is 10.5. The fourth-order valence-corrected chi connectivity index (χ4v) is 2.39. The van der Waals surface area contributed by atoms with Gasteiger partial charge in [-0.15, -0.1) is 0 Å². The molecular formula is C18H21NO4. The van der Waals surface area contributed by atoms with Crippen molar-refractivity contribution in [2.24, 2.45) is 0 Å². The summed E-state index contributed by atoms with van der Waals surface area (Å²) in [6.45, 7) is 3.60. The van der Waals surface area contributed by atoms with Crippen LogP contribution in [0.15, 0.2) is 36.4 Å². The fraction of sp³-hybridized carbons (Fsp3) is 0.333. The van der Waals surface area contributed by atoms with Crippen LogP contribution in [-0.4, -0.2) is 29.6 Å². The number of esters is 1. The lowest BCUT2D eigenvalue weighted by Gasteiger charge is -2.14. The van der Waals surface area contributed by atoms with Crippen LogP contribution in [0.5, 0.6) is 5.75 Å². The largest absolute Gasteiger partial charge is 0.506 e. The van der Waals surface area contributed by atoms with Crippen molar-refractivity contribution in [3.63, 3.8) is 0 Å². The zero-order chi connectivity index (χ0) is 16.8. The van der Waals surface area contributed by atoms with E-state index in [0.29, 0.717) is 5.39 Å². The van der Waals surface area contributed by atoms with Gasteiger partial charge in [0, 0.05) is 11.4 Å². The zero-order valence-corrected chi connectivity index (χ0v) is 13.3. The number of ether oxygens (including phenoxy) is 1. The predicted molar refractivity (Wildman–Crippen MR) is 88.4 cm³/mol. The van der Waals surface area contributed by atoms with Gasteiger partial charge in [-0.3, -0.25) is 4.79 Å². The van der Waals surface area contributed by atoms with Crippen LogP contribution < -0.4 is 5.32 Å². The second-order valence-corrected chi connectivity index (χ2v) is 5.34. The topological polar surface area (TPSA) is 75.6 Å². The zero-order valence-electron chi connectivity index (χ0n) is 13.3. The number of phenols is 1. The molecule has 122 valence electrons. The van der Waals surface area contributed by atoms with E-state index in [2.05, 4.69) is 5.32 Å². The van der Waals surface area contributed by atoms with Crippen molar-refractivity contribution < 1.29 is 19.4 Å². The van der Waals surface area contributed by atoms with Gasteiger partial charge in [-0.2, -0.15) is 0 Å². The molecule has 0 unspecified atom stereocenters. The number of carbonyl (C=O) groups excluding carboxylic acids is 2. The molecule has 0 aliphatic heterocycles. The molecule has 0 spiro atoms. The summed E-state index contributed by atoms with van der Waals surface area (Å²) in [5, 5.41) is 14.4. The summed E-state index contributed by atoms with van der Waals surface area (Å²) >= 11 is 0. The van der Waals surface area contributed by atoms with Crippen molar-refractivity contribution >= 4 is 22.6 Å². The van der Waals surface area contributed by atoms with Crippen LogP contribution >= 0.6 is 0 Å². The molecule has 5 nitrogen and oxygen atoms in total. The molecule has 0 saturated carbocycles. The number of hydrogen-bond donors (Lipinski definition) is 2. The van der Waals surface area contributed by atoms with Crippen LogP contribution in [0.4, 0.5) is 0 Å². The number of hydrogen-bond acceptors (Lipinski definition) is 4. The number of benzene rings is 2. The first-order valence-electron chi connectivity index (χ1n) is 7.74. The third kappa shape index (κ3) is 4.00. The SMILES string of the molecule is CCC(CC)NC(=O)COC(=O)c1ccc2ccccc2c1O. The Labute approximate surface area is 135 Å². The molecule has 0 aliphatic carbocycles. The highest BCUT2D eigenvalue weighted by Crippen LogP contribution is 2.28. The van der Waals surface area contributed by atoms with Gasteiger partial charge in [0.1, 0.15) is 11.3 Å². The van der Waals surface area contributed by atoms with E-state index in [1.54, 1.807) is 18.2 Å². The molecule has 2 N–H and O–H groups in total. The first kappa shape index (κ1) is 16.8. The highest BCUT2D eigenvalue weighted by Gasteiger charge is 2.17. The van der Waals surface area contributed by atoms with Crippen molar-refractivity contribution in [1.29, 1.82) is 0 Å². The van der Waals surface area contributed by atoms with Crippen LogP contribution in [0.25, 0.3) is 10.8 Å². The molecule has 0 bridgehead atoms. The third-order valence-corrected chi connectivity index (χ3v) is 3.81. The molecule has 2 rings (SSSR count). The summed E-state index contributed by atoms with van der Waals surface area (Å²) in [6.07, 6.45) is 1.64. The minimum absolute atomic E-state index is 0.0547. The minimum atomic E-state index is -0.715. The van der Waals surface area contributed by atoms with Crippen molar-refractivity contribution in [2.75, 3.05) is 6.61 Å². The molecule has 0 aliphatic rings. The quantitative estimate of drug-likeness (QED) is 0.804. The normalized spacial score (nSPS) is 10.7. The number of rotatable bonds is 6. The van der Waals surface area contributed by atoms with Crippen molar-refractivity contribution in [2.45, 2.75) is 32.7 Å². The van der Waals surface area contributed by atoms with Crippen LogP contribution in [0.1, 0.15) is 37.0 Å². The predicted octanol–water partition coefficient (Wildman–Crippen LogP) is 3.01. The standard InChI is InChI=1S/C18H21NO4/c1-3-13(4-2)19-16(20)11-23-18(22)15-10-9-12-7-5-6-8-14(12)17(15)21/h5-10,13,21H,3-4,11H2,1-2H3,(H,19,20). The van der Waals surface area contributed by atoms with E-state index < -0.39 is 5.97 Å². The van der Waals surface area contributed by atoms with E-state index in [4.69, 9.17) is 4.74 Å². The monoisotopic (exact) mass is 315 g/mol. The number of carbonyl (C=O) groups is 2. The van der Waals surface area contributed by atoms with Gasteiger partial charge in [0.25, 0.3) is 5.91 Å². The summed E-state index contributed by atoms with van der Waals surface area (Å²) in [5.41, 5.74) is 0.0547. The first-order valence-corrected chi connectivity index (χ1v) is 7.74. The molecule has 23 heavy (non-hydrogen) atoms. The molecule has 2 aromatic rings. The van der Waals surface area contributed by atoms with Gasteiger partial charge in [0.05, 0.1) is 0 Å². The Kier molecular flexibility index (Phi) is 5.57. The summed E-state index contributed by atoms with van der Waals surface area (Å²) in [7, 11) is 0. The van der Waals surface area contributed by atoms with Crippen LogP contribution in [-0.2, 0) is 9.53 Å². The van der Waals surface area contributed by atoms with Crippen molar-refractivity contribution in [3.8, 4) is 5.75 Å². The van der Waals surface area contributed by atoms with E-state index in [0.717, 1.165) is 18.2 Å². The molecule has 0 fully saturated rings. The van der Waals surface area contributed by atoms with Crippen molar-refractivity contribution in [3.05, 3.63) is 42.0 Å². The highest BCUT2D eigenvalue weighted by molar-refractivity contribution is 6.01. The molecule has 0 atom stereocenters. The second-order valence-electron chi connectivity index (χ2n) is 5.34. The number of amides is 1. The maximum Gasteiger partial charge on any atom is 0.342 e. The number of phenolic OH excluding ortho intramolecular Hbond substituents is 1. The number of aromatic hydroxyl groups is 1. The highest BCUT2D eigenvalue weighted by atomic mass is 16.5. The Morgan fingerprint density at radius 1 is 1.13 bits per heavy atom. The second kappa shape index (κ2) is 7.63. The third-order valence-electron chi connectivity index (χ3n) is 3.81. The molecule has 0 aromatic heterocycles. The van der Waals surface area contributed by atoms with Gasteiger partial charge in [-0.1, -0.05) is 44.2 Å². The Morgan fingerprint density at radius 2 is 1.83 bits per heavy atom. The number of nitrogens with one attached hydrogen (secondary N) is 1. The molecule has 0 heterocycles. The maximum absolute atomic E-state index is 12.1. The Balaban J connectivity index is 2.04. The van der Waals surface area contributed by atoms with Crippen LogP contribution in [0, 0.1) is 0 Å². The average molecular weight is 315 g/mol. The maximum atomic E-state index is 12.1. The smallest absolute Gasteiger partial charge is 0.342 e. The van der Waals surface area contributed by atoms with Gasteiger partial charge >= 0.3 is 5.97 Å². The molecule has 2 aromatic carbocycles. The Bertz CT molecular complexity index is 707. The summed E-state index contributed by atoms with van der Waals surface area (Å²) < 4.78 is 5.00. The van der Waals surface area contributed by atoms with Gasteiger partial charge in [0.15, 0.2) is 6.61 Å². The van der Waals surface area contributed by atoms with Crippen molar-refractivity contribution in [1.82, 2.24) is 5.32 Å². The van der Waals surface area contributed by atoms with E-state index >= 15 is 0 Å². The molecule has 5 heteroatoms. The molecule has 0 radical (unpaired) electrons. The van der Waals surface area contributed by atoms with E-state index in [1.165, 1.54) is 6.07 Å². The molecule has 1 amide bonds. The van der Waals surface area contributed by atoms with Gasteiger partial charge < -0.3 is 15.2 Å². The Hall–Kier alpha value is -2.56. The van der Waals surface area contributed by atoms with Gasteiger partial charge in [-0.25, -0.2) is 4.79 Å². The van der Waals surface area contributed by atoms with Gasteiger partial charge in [0.2, 0.25) is 0 Å². The lowest BCUT2D eigenvalue weighted by atomic mass is 10.1. The average Bonchev–Trinajstić information content (AvgIpc) is 2.58. The fourth-order valence-electron chi connectivity index (χ4n) is 2.39. The van der Waals surface area contributed by atoms with Gasteiger partial charge in [-0.05, 0) is 24.3 Å². The van der Waals surface area contributed by atoms with E-state index in [1.807, 2.05) is 26.0 Å². The molecular weight excluding hydrogens is 294 g/mol. The lowest BCUT2D eigenvalue weighted by Crippen LogP contribution is -2.36. The lowest BCUT2D eigenvalue weighted by molar-refractivity contribution is -0.125. The van der Waals surface area contributed by atoms with Crippen LogP contribution in [0.2, 0.25) is 0 Å². The molecule has 0 saturated heterocycles. The number of fused-ring (bicyclic) bond motifs is 1. The van der Waals surface area contributed by atoms with E-state index in [-0.39, 0.29) is 29.9 Å². The first-order chi connectivity index (χ1) is 11.1. The van der Waals surface area contributed by atoms with Crippen LogP contribution in [0.3, 0.4) is 0 Å². The summed E-state index contributed by atoms with van der Waals surface area (Å²) in [5.74, 6) is -1.19. The van der Waals surface area contributed by atoms with E-state index in [9.17, 15) is 14.7 Å². The Morgan fingerprint density at radius 3 is 2.52 bits per heavy atom. The summed E-state index contributed by atoms with van der Waals surface area (Å²) in [4.78, 5) is 23.8. The minimum Gasteiger partial charge on any atom is -0.506 e.